The summed E-state index contributed by atoms with van der Waals surface area (Å²) in [7, 11) is -1.95. The van der Waals surface area contributed by atoms with E-state index in [1.807, 2.05) is 6.92 Å². The zero-order valence-corrected chi connectivity index (χ0v) is 7.63. The van der Waals surface area contributed by atoms with E-state index in [2.05, 4.69) is 0 Å². The second kappa shape index (κ2) is 2.73. The van der Waals surface area contributed by atoms with E-state index in [1.54, 1.807) is 0 Å². The molecule has 0 amide bonds. The van der Waals surface area contributed by atoms with Crippen molar-refractivity contribution in [3.63, 3.8) is 0 Å². The minimum Gasteiger partial charge on any atom is -0.216 e. The van der Waals surface area contributed by atoms with Gasteiger partial charge in [0.2, 0.25) is 0 Å². The van der Waals surface area contributed by atoms with Gasteiger partial charge in [-0.3, -0.25) is 0 Å². The largest absolute Gasteiger partial charge is 0.276 e. The molecule has 0 radical (unpaired) electrons. The summed E-state index contributed by atoms with van der Waals surface area (Å²) in [5.41, 5.74) is 0. The van der Waals surface area contributed by atoms with Crippen molar-refractivity contribution in [3.8, 4) is 0 Å². The fourth-order valence-corrected chi connectivity index (χ4v) is 1.74. The Kier molecular flexibility index (Phi) is 2.22. The van der Waals surface area contributed by atoms with Crippen LogP contribution in [0.15, 0.2) is 0 Å². The van der Waals surface area contributed by atoms with E-state index in [1.165, 1.54) is 11.4 Å². The van der Waals surface area contributed by atoms with Crippen LogP contribution in [0.25, 0.3) is 0 Å². The highest BCUT2D eigenvalue weighted by Gasteiger charge is 2.33. The fourth-order valence-electron chi connectivity index (χ4n) is 1.11. The fraction of sp³-hybridized carbons (Fsp3) is 1.00. The first-order valence-electron chi connectivity index (χ1n) is 3.68. The number of rotatable bonds is 3. The van der Waals surface area contributed by atoms with Crippen LogP contribution in [0.3, 0.4) is 0 Å². The van der Waals surface area contributed by atoms with E-state index in [4.69, 9.17) is 5.14 Å². The van der Waals surface area contributed by atoms with Crippen LogP contribution in [0.5, 0.6) is 0 Å². The normalized spacial score (nSPS) is 22.2. The van der Waals surface area contributed by atoms with E-state index in [0.717, 1.165) is 12.8 Å². The van der Waals surface area contributed by atoms with Crippen molar-refractivity contribution in [1.29, 1.82) is 0 Å². The van der Waals surface area contributed by atoms with Crippen molar-refractivity contribution >= 4 is 10.2 Å². The summed E-state index contributed by atoms with van der Waals surface area (Å²) in [6, 6.07) is 0.0602. The van der Waals surface area contributed by atoms with Crippen LogP contribution in [0.1, 0.15) is 19.8 Å². The maximum atomic E-state index is 10.8. The van der Waals surface area contributed by atoms with Crippen LogP contribution in [0.4, 0.5) is 0 Å². The minimum atomic E-state index is -3.47. The van der Waals surface area contributed by atoms with Crippen LogP contribution in [0.2, 0.25) is 0 Å². The van der Waals surface area contributed by atoms with Gasteiger partial charge in [0, 0.05) is 13.1 Å². The summed E-state index contributed by atoms with van der Waals surface area (Å²) in [6.45, 7) is 1.89. The summed E-state index contributed by atoms with van der Waals surface area (Å²) in [5, 5.41) is 4.94. The zero-order valence-electron chi connectivity index (χ0n) is 6.82. The molecular weight excluding hydrogens is 164 g/mol. The van der Waals surface area contributed by atoms with E-state index >= 15 is 0 Å². The molecule has 11 heavy (non-hydrogen) atoms. The van der Waals surface area contributed by atoms with Gasteiger partial charge in [0.25, 0.3) is 10.2 Å². The van der Waals surface area contributed by atoms with E-state index in [-0.39, 0.29) is 6.04 Å². The molecule has 4 nitrogen and oxygen atoms in total. The van der Waals surface area contributed by atoms with Crippen LogP contribution < -0.4 is 5.14 Å². The van der Waals surface area contributed by atoms with Crippen LogP contribution in [-0.4, -0.2) is 25.8 Å². The quantitative estimate of drug-likeness (QED) is 0.657. The van der Waals surface area contributed by atoms with E-state index < -0.39 is 10.2 Å². The molecule has 0 aromatic rings. The molecule has 1 aliphatic rings. The molecule has 1 rings (SSSR count). The lowest BCUT2D eigenvalue weighted by atomic mass is 10.2. The molecule has 0 aromatic heterocycles. The van der Waals surface area contributed by atoms with E-state index in [0.29, 0.717) is 5.92 Å². The number of nitrogens with zero attached hydrogens (tertiary/aromatic N) is 1. The Morgan fingerprint density at radius 3 is 2.27 bits per heavy atom. The summed E-state index contributed by atoms with van der Waals surface area (Å²) < 4.78 is 22.9. The highest BCUT2D eigenvalue weighted by molar-refractivity contribution is 7.86. The smallest absolute Gasteiger partial charge is 0.216 e. The average molecular weight is 178 g/mol. The minimum absolute atomic E-state index is 0.0602. The van der Waals surface area contributed by atoms with Crippen molar-refractivity contribution in [2.75, 3.05) is 7.05 Å². The zero-order chi connectivity index (χ0) is 8.65. The molecule has 1 aliphatic carbocycles. The molecule has 0 heterocycles. The van der Waals surface area contributed by atoms with Gasteiger partial charge in [-0.05, 0) is 25.7 Å². The highest BCUT2D eigenvalue weighted by atomic mass is 32.2. The molecule has 1 saturated carbocycles. The summed E-state index contributed by atoms with van der Waals surface area (Å²) in [5.74, 6) is 0.526. The van der Waals surface area contributed by atoms with Crippen LogP contribution in [0, 0.1) is 5.92 Å². The SMILES string of the molecule is CC(C1CC1)N(C)S(N)(=O)=O. The Morgan fingerprint density at radius 1 is 1.55 bits per heavy atom. The maximum absolute atomic E-state index is 10.8. The van der Waals surface area contributed by atoms with Gasteiger partial charge in [-0.2, -0.15) is 12.7 Å². The molecule has 0 bridgehead atoms. The van der Waals surface area contributed by atoms with Gasteiger partial charge in [0.05, 0.1) is 0 Å². The van der Waals surface area contributed by atoms with Gasteiger partial charge in [-0.1, -0.05) is 0 Å². The number of hydrogen-bond donors (Lipinski definition) is 1. The third kappa shape index (κ3) is 2.15. The lowest BCUT2D eigenvalue weighted by Crippen LogP contribution is -2.40. The lowest BCUT2D eigenvalue weighted by molar-refractivity contribution is 0.357. The summed E-state index contributed by atoms with van der Waals surface area (Å²) >= 11 is 0. The van der Waals surface area contributed by atoms with Gasteiger partial charge >= 0.3 is 0 Å². The first-order chi connectivity index (χ1) is 4.93. The van der Waals surface area contributed by atoms with Gasteiger partial charge in [0.1, 0.15) is 0 Å². The van der Waals surface area contributed by atoms with Crippen molar-refractivity contribution in [2.45, 2.75) is 25.8 Å². The molecule has 2 N–H and O–H groups in total. The summed E-state index contributed by atoms with van der Waals surface area (Å²) in [6.07, 6.45) is 2.25. The Morgan fingerprint density at radius 2 is 2.00 bits per heavy atom. The van der Waals surface area contributed by atoms with Gasteiger partial charge in [-0.25, -0.2) is 5.14 Å². The second-order valence-electron chi connectivity index (χ2n) is 3.14. The topological polar surface area (TPSA) is 63.4 Å². The first-order valence-corrected chi connectivity index (χ1v) is 5.19. The Bertz CT molecular complexity index is 233. The molecule has 1 fully saturated rings. The van der Waals surface area contributed by atoms with Gasteiger partial charge in [0.15, 0.2) is 0 Å². The first kappa shape index (κ1) is 8.96. The van der Waals surface area contributed by atoms with Crippen LogP contribution >= 0.6 is 0 Å². The molecule has 0 saturated heterocycles. The molecule has 0 aliphatic heterocycles. The third-order valence-electron chi connectivity index (χ3n) is 2.28. The van der Waals surface area contributed by atoms with Crippen molar-refractivity contribution < 1.29 is 8.42 Å². The van der Waals surface area contributed by atoms with Crippen molar-refractivity contribution in [1.82, 2.24) is 4.31 Å². The number of nitrogens with two attached hydrogens (primary N) is 1. The standard InChI is InChI=1S/C6H14N2O2S/c1-5(6-3-4-6)8(2)11(7,9)10/h5-6H,3-4H2,1-2H3,(H2,7,9,10). The Balaban J connectivity index is 2.59. The molecular formula is C6H14N2O2S. The molecule has 0 spiro atoms. The number of hydrogen-bond acceptors (Lipinski definition) is 2. The van der Waals surface area contributed by atoms with E-state index in [9.17, 15) is 8.42 Å². The monoisotopic (exact) mass is 178 g/mol. The Labute approximate surface area is 67.6 Å². The Hall–Kier alpha value is -0.130. The lowest BCUT2D eigenvalue weighted by Gasteiger charge is -2.21. The van der Waals surface area contributed by atoms with Crippen molar-refractivity contribution in [3.05, 3.63) is 0 Å². The highest BCUT2D eigenvalue weighted by Crippen LogP contribution is 2.34. The van der Waals surface area contributed by atoms with Gasteiger partial charge in [-0.15, -0.1) is 0 Å². The second-order valence-corrected chi connectivity index (χ2v) is 4.75. The molecule has 1 atom stereocenters. The molecule has 1 unspecified atom stereocenters. The summed E-state index contributed by atoms with van der Waals surface area (Å²) in [4.78, 5) is 0. The predicted octanol–water partition coefficient (Wildman–Crippen LogP) is -0.0798. The van der Waals surface area contributed by atoms with Crippen molar-refractivity contribution in [2.24, 2.45) is 11.1 Å². The molecule has 66 valence electrons. The molecule has 5 heteroatoms. The van der Waals surface area contributed by atoms with Crippen LogP contribution in [-0.2, 0) is 10.2 Å². The average Bonchev–Trinajstić information content (AvgIpc) is 2.63. The molecule has 0 aromatic carbocycles. The maximum Gasteiger partial charge on any atom is 0.276 e. The third-order valence-corrected chi connectivity index (χ3v) is 3.41. The van der Waals surface area contributed by atoms with Gasteiger partial charge < -0.3 is 0 Å². The predicted molar refractivity (Wildman–Crippen MR) is 43.1 cm³/mol.